The monoisotopic (exact) mass is 261 g/mol. The van der Waals surface area contributed by atoms with Crippen LogP contribution in [0.15, 0.2) is 65.3 Å². The lowest BCUT2D eigenvalue weighted by molar-refractivity contribution is 1.02. The van der Waals surface area contributed by atoms with Gasteiger partial charge in [0.15, 0.2) is 0 Å². The van der Waals surface area contributed by atoms with Crippen molar-refractivity contribution in [2.75, 3.05) is 0 Å². The van der Waals surface area contributed by atoms with Crippen LogP contribution in [-0.4, -0.2) is 5.71 Å². The van der Waals surface area contributed by atoms with E-state index >= 15 is 0 Å². The van der Waals surface area contributed by atoms with Crippen LogP contribution in [0.25, 0.3) is 0 Å². The Morgan fingerprint density at radius 2 is 1.45 bits per heavy atom. The van der Waals surface area contributed by atoms with E-state index in [1.54, 1.807) is 0 Å². The highest BCUT2D eigenvalue weighted by Gasteiger charge is 2.27. The molecule has 0 amide bonds. The van der Waals surface area contributed by atoms with Crippen molar-refractivity contribution in [3.63, 3.8) is 0 Å². The van der Waals surface area contributed by atoms with Gasteiger partial charge in [-0.25, -0.2) is 0 Å². The molecule has 0 spiro atoms. The molecular formula is C19H19N. The highest BCUT2D eigenvalue weighted by molar-refractivity contribution is 6.09. The van der Waals surface area contributed by atoms with E-state index in [9.17, 15) is 0 Å². The lowest BCUT2D eigenvalue weighted by atomic mass is 9.82. The Balaban J connectivity index is 2.12. The van der Waals surface area contributed by atoms with E-state index in [2.05, 4.69) is 68.2 Å². The second-order valence-electron chi connectivity index (χ2n) is 5.49. The molecule has 0 bridgehead atoms. The standard InChI is InChI=1S/C19H19N/c1-13-8-7-9-14(2)17(13)18-15(3)12-20-19(18)16-10-5-4-6-11-16/h4-12,18H,1-3H3. The lowest BCUT2D eigenvalue weighted by Gasteiger charge is -2.21. The zero-order valence-electron chi connectivity index (χ0n) is 12.2. The molecule has 0 N–H and O–H groups in total. The summed E-state index contributed by atoms with van der Waals surface area (Å²) in [7, 11) is 0. The maximum Gasteiger partial charge on any atom is 0.0592 e. The molecule has 1 atom stereocenters. The van der Waals surface area contributed by atoms with Crippen molar-refractivity contribution in [2.45, 2.75) is 26.7 Å². The van der Waals surface area contributed by atoms with Crippen molar-refractivity contribution in [3.05, 3.63) is 82.6 Å². The summed E-state index contributed by atoms with van der Waals surface area (Å²) >= 11 is 0. The third-order valence-electron chi connectivity index (χ3n) is 4.04. The minimum Gasteiger partial charge on any atom is -0.260 e. The summed E-state index contributed by atoms with van der Waals surface area (Å²) in [5, 5.41) is 0. The van der Waals surface area contributed by atoms with Gasteiger partial charge < -0.3 is 0 Å². The lowest BCUT2D eigenvalue weighted by Crippen LogP contribution is -2.14. The van der Waals surface area contributed by atoms with E-state index in [4.69, 9.17) is 0 Å². The van der Waals surface area contributed by atoms with Gasteiger partial charge in [-0.3, -0.25) is 4.99 Å². The fraction of sp³-hybridized carbons (Fsp3) is 0.211. The molecular weight excluding hydrogens is 242 g/mol. The van der Waals surface area contributed by atoms with Crippen molar-refractivity contribution in [3.8, 4) is 0 Å². The molecule has 2 aromatic carbocycles. The first kappa shape index (κ1) is 12.9. The first-order valence-electron chi connectivity index (χ1n) is 7.04. The average molecular weight is 261 g/mol. The first-order chi connectivity index (χ1) is 9.68. The van der Waals surface area contributed by atoms with Gasteiger partial charge in [-0.05, 0) is 48.6 Å². The molecule has 1 heteroatoms. The molecule has 3 rings (SSSR count). The molecule has 0 fully saturated rings. The van der Waals surface area contributed by atoms with Crippen molar-refractivity contribution >= 4 is 5.71 Å². The Morgan fingerprint density at radius 3 is 2.10 bits per heavy atom. The normalized spacial score (nSPS) is 17.9. The molecule has 1 unspecified atom stereocenters. The predicted molar refractivity (Wildman–Crippen MR) is 85.4 cm³/mol. The smallest absolute Gasteiger partial charge is 0.0592 e. The number of hydrogen-bond donors (Lipinski definition) is 0. The molecule has 20 heavy (non-hydrogen) atoms. The molecule has 1 heterocycles. The number of nitrogens with zero attached hydrogens (tertiary/aromatic N) is 1. The number of rotatable bonds is 2. The Bertz CT molecular complexity index is 673. The van der Waals surface area contributed by atoms with Gasteiger partial charge in [-0.1, -0.05) is 48.5 Å². The highest BCUT2D eigenvalue weighted by atomic mass is 14.8. The van der Waals surface area contributed by atoms with Gasteiger partial charge in [0.25, 0.3) is 0 Å². The van der Waals surface area contributed by atoms with E-state index in [1.807, 2.05) is 12.3 Å². The molecule has 100 valence electrons. The third kappa shape index (κ3) is 2.09. The van der Waals surface area contributed by atoms with Gasteiger partial charge in [-0.2, -0.15) is 0 Å². The average Bonchev–Trinajstić information content (AvgIpc) is 2.82. The first-order valence-corrected chi connectivity index (χ1v) is 7.04. The maximum atomic E-state index is 4.68. The molecule has 0 saturated heterocycles. The van der Waals surface area contributed by atoms with Crippen molar-refractivity contribution in [2.24, 2.45) is 4.99 Å². The van der Waals surface area contributed by atoms with E-state index < -0.39 is 0 Å². The third-order valence-corrected chi connectivity index (χ3v) is 4.04. The fourth-order valence-corrected chi connectivity index (χ4v) is 3.03. The van der Waals surface area contributed by atoms with Crippen LogP contribution in [0.1, 0.15) is 35.1 Å². The number of aliphatic imine (C=N–C) groups is 1. The van der Waals surface area contributed by atoms with Crippen LogP contribution in [0.4, 0.5) is 0 Å². The zero-order chi connectivity index (χ0) is 14.1. The van der Waals surface area contributed by atoms with Crippen LogP contribution in [0.5, 0.6) is 0 Å². The zero-order valence-corrected chi connectivity index (χ0v) is 12.2. The van der Waals surface area contributed by atoms with E-state index in [0.717, 1.165) is 0 Å². The minimum atomic E-state index is 0.290. The Labute approximate surface area is 120 Å². The quantitative estimate of drug-likeness (QED) is 0.736. The highest BCUT2D eigenvalue weighted by Crippen LogP contribution is 2.36. The summed E-state index contributed by atoms with van der Waals surface area (Å²) in [6.07, 6.45) is 2.01. The summed E-state index contributed by atoms with van der Waals surface area (Å²) in [5.74, 6) is 0.290. The van der Waals surface area contributed by atoms with Crippen LogP contribution in [0.3, 0.4) is 0 Å². The summed E-state index contributed by atoms with van der Waals surface area (Å²) in [6.45, 7) is 6.56. The molecule has 0 saturated carbocycles. The van der Waals surface area contributed by atoms with E-state index in [-0.39, 0.29) is 0 Å². The largest absolute Gasteiger partial charge is 0.260 e. The predicted octanol–water partition coefficient (Wildman–Crippen LogP) is 4.79. The van der Waals surface area contributed by atoms with Crippen LogP contribution < -0.4 is 0 Å². The van der Waals surface area contributed by atoms with Crippen LogP contribution >= 0.6 is 0 Å². The van der Waals surface area contributed by atoms with Crippen LogP contribution in [-0.2, 0) is 0 Å². The SMILES string of the molecule is CC1=CN=C(c2ccccc2)C1c1c(C)cccc1C. The summed E-state index contributed by atoms with van der Waals surface area (Å²) in [6, 6.07) is 17.0. The number of benzene rings is 2. The number of aryl methyl sites for hydroxylation is 2. The molecule has 1 aliphatic heterocycles. The van der Waals surface area contributed by atoms with Crippen molar-refractivity contribution < 1.29 is 0 Å². The van der Waals surface area contributed by atoms with Gasteiger partial charge in [0.2, 0.25) is 0 Å². The fourth-order valence-electron chi connectivity index (χ4n) is 3.03. The van der Waals surface area contributed by atoms with Gasteiger partial charge in [0.05, 0.1) is 5.71 Å². The molecule has 0 aliphatic carbocycles. The van der Waals surface area contributed by atoms with Crippen LogP contribution in [0, 0.1) is 13.8 Å². The van der Waals surface area contributed by atoms with E-state index in [1.165, 1.54) is 33.5 Å². The van der Waals surface area contributed by atoms with Crippen molar-refractivity contribution in [1.29, 1.82) is 0 Å². The summed E-state index contributed by atoms with van der Waals surface area (Å²) < 4.78 is 0. The molecule has 1 nitrogen and oxygen atoms in total. The van der Waals surface area contributed by atoms with E-state index in [0.29, 0.717) is 5.92 Å². The second kappa shape index (κ2) is 5.09. The molecule has 2 aromatic rings. The Kier molecular flexibility index (Phi) is 3.27. The van der Waals surface area contributed by atoms with Crippen molar-refractivity contribution in [1.82, 2.24) is 0 Å². The second-order valence-corrected chi connectivity index (χ2v) is 5.49. The minimum absolute atomic E-state index is 0.290. The van der Waals surface area contributed by atoms with Crippen LogP contribution in [0.2, 0.25) is 0 Å². The Morgan fingerprint density at radius 1 is 0.800 bits per heavy atom. The van der Waals surface area contributed by atoms with Gasteiger partial charge in [0.1, 0.15) is 0 Å². The van der Waals surface area contributed by atoms with Gasteiger partial charge in [-0.15, -0.1) is 0 Å². The maximum absolute atomic E-state index is 4.68. The summed E-state index contributed by atoms with van der Waals surface area (Å²) in [4.78, 5) is 4.68. The molecule has 0 aromatic heterocycles. The summed E-state index contributed by atoms with van der Waals surface area (Å²) in [5.41, 5.74) is 7.79. The topological polar surface area (TPSA) is 12.4 Å². The molecule has 1 aliphatic rings. The Hall–Kier alpha value is -2.15. The molecule has 0 radical (unpaired) electrons. The number of hydrogen-bond acceptors (Lipinski definition) is 1. The van der Waals surface area contributed by atoms with Gasteiger partial charge >= 0.3 is 0 Å². The van der Waals surface area contributed by atoms with Gasteiger partial charge in [0, 0.05) is 12.1 Å². The number of allylic oxidation sites excluding steroid dienone is 1.